The number of carbonyl (C=O) groups excluding carboxylic acids is 1. The van der Waals surface area contributed by atoms with Crippen LogP contribution in [0.3, 0.4) is 0 Å². The molecule has 0 saturated carbocycles. The van der Waals surface area contributed by atoms with E-state index in [1.54, 1.807) is 7.11 Å². The highest BCUT2D eigenvalue weighted by Gasteiger charge is 2.30. The maximum absolute atomic E-state index is 13.3. The highest BCUT2D eigenvalue weighted by Crippen LogP contribution is 2.32. The molecule has 1 N–H and O–H groups in total. The Morgan fingerprint density at radius 2 is 1.65 bits per heavy atom. The minimum absolute atomic E-state index is 0.224. The number of sulfonamides is 1. The van der Waals surface area contributed by atoms with Crippen LogP contribution in [0.4, 0.5) is 10.1 Å². The zero-order chi connectivity index (χ0) is 23.5. The Morgan fingerprint density at radius 1 is 1.06 bits per heavy atom. The van der Waals surface area contributed by atoms with E-state index in [2.05, 4.69) is 19.2 Å². The minimum Gasteiger partial charge on any atom is -0.496 e. The Morgan fingerprint density at radius 3 is 2.13 bits per heavy atom. The largest absolute Gasteiger partial charge is 0.496 e. The number of amides is 1. The molecule has 0 unspecified atom stereocenters. The Balaban J connectivity index is 2.32. The van der Waals surface area contributed by atoms with E-state index in [1.165, 1.54) is 19.1 Å². The zero-order valence-electron chi connectivity index (χ0n) is 19.1. The average molecular weight is 451 g/mol. The van der Waals surface area contributed by atoms with Crippen molar-refractivity contribution >= 4 is 21.6 Å². The number of hydrogen-bond acceptors (Lipinski definition) is 4. The first kappa shape index (κ1) is 24.7. The normalized spacial score (nSPS) is 13.6. The first-order chi connectivity index (χ1) is 14.4. The molecule has 0 aromatic heterocycles. The number of anilines is 1. The fourth-order valence-electron chi connectivity index (χ4n) is 3.62. The molecule has 6 nitrogen and oxygen atoms in total. The molecule has 1 amide bonds. The number of hydrogen-bond donors (Lipinski definition) is 1. The number of carbonyl (C=O) groups is 1. The molecule has 31 heavy (non-hydrogen) atoms. The molecule has 2 aromatic rings. The molecule has 0 aliphatic carbocycles. The number of benzene rings is 2. The molecule has 0 saturated heterocycles. The molecule has 2 atom stereocenters. The Labute approximate surface area is 184 Å². The lowest BCUT2D eigenvalue weighted by molar-refractivity contribution is -0.122. The van der Waals surface area contributed by atoms with Gasteiger partial charge in [0.15, 0.2) is 0 Å². The minimum atomic E-state index is -3.78. The summed E-state index contributed by atoms with van der Waals surface area (Å²) in [5.41, 5.74) is 3.14. The van der Waals surface area contributed by atoms with Crippen molar-refractivity contribution in [2.24, 2.45) is 0 Å². The third-order valence-corrected chi connectivity index (χ3v) is 6.48. The van der Waals surface area contributed by atoms with Gasteiger partial charge in [0, 0.05) is 0 Å². The van der Waals surface area contributed by atoms with Crippen LogP contribution in [0, 0.1) is 12.7 Å². The molecule has 0 bridgehead atoms. The average Bonchev–Trinajstić information content (AvgIpc) is 2.67. The quantitative estimate of drug-likeness (QED) is 0.651. The maximum atomic E-state index is 13.3. The Bertz CT molecular complexity index is 1040. The SMILES string of the molecule is COc1cc(C)c([C@@H](C)NC(=O)[C@H](C)N(c2ccc(F)cc2)S(C)(=O)=O)cc1C(C)C. The summed E-state index contributed by atoms with van der Waals surface area (Å²) in [5.74, 6) is 0.0838. The van der Waals surface area contributed by atoms with Crippen molar-refractivity contribution in [1.82, 2.24) is 5.32 Å². The highest BCUT2D eigenvalue weighted by atomic mass is 32.2. The number of nitrogens with one attached hydrogen (secondary N) is 1. The van der Waals surface area contributed by atoms with Crippen molar-refractivity contribution < 1.29 is 22.3 Å². The van der Waals surface area contributed by atoms with Crippen LogP contribution in [0.1, 0.15) is 56.3 Å². The zero-order valence-corrected chi connectivity index (χ0v) is 19.9. The van der Waals surface area contributed by atoms with Crippen molar-refractivity contribution in [3.63, 3.8) is 0 Å². The number of aryl methyl sites for hydroxylation is 1. The van der Waals surface area contributed by atoms with Gasteiger partial charge >= 0.3 is 0 Å². The van der Waals surface area contributed by atoms with E-state index in [1.807, 2.05) is 26.0 Å². The van der Waals surface area contributed by atoms with Gasteiger partial charge in [-0.1, -0.05) is 13.8 Å². The van der Waals surface area contributed by atoms with Crippen LogP contribution in [0.5, 0.6) is 5.75 Å². The van der Waals surface area contributed by atoms with Gasteiger partial charge in [-0.25, -0.2) is 12.8 Å². The number of nitrogens with zero attached hydrogens (tertiary/aromatic N) is 1. The van der Waals surface area contributed by atoms with Gasteiger partial charge in [0.2, 0.25) is 15.9 Å². The molecule has 8 heteroatoms. The predicted molar refractivity (Wildman–Crippen MR) is 122 cm³/mol. The van der Waals surface area contributed by atoms with Gasteiger partial charge in [-0.3, -0.25) is 9.10 Å². The smallest absolute Gasteiger partial charge is 0.244 e. The standard InChI is InChI=1S/C23H31FN2O4S/c1-14(2)20-13-21(15(3)12-22(20)30-6)16(4)25-23(27)17(5)26(31(7,28)29)19-10-8-18(24)9-11-19/h8-14,16-17H,1-7H3,(H,25,27)/t16-,17+/m1/s1. The Kier molecular flexibility index (Phi) is 7.70. The second kappa shape index (κ2) is 9.68. The highest BCUT2D eigenvalue weighted by molar-refractivity contribution is 7.92. The topological polar surface area (TPSA) is 75.7 Å². The summed E-state index contributed by atoms with van der Waals surface area (Å²) in [5, 5.41) is 2.91. The predicted octanol–water partition coefficient (Wildman–Crippen LogP) is 4.30. The van der Waals surface area contributed by atoms with Crippen LogP contribution < -0.4 is 14.4 Å². The summed E-state index contributed by atoms with van der Waals surface area (Å²) in [6.07, 6.45) is 1.02. The third-order valence-electron chi connectivity index (χ3n) is 5.24. The molecule has 2 aromatic carbocycles. The molecule has 0 aliphatic heterocycles. The van der Waals surface area contributed by atoms with Gasteiger partial charge in [-0.05, 0) is 79.8 Å². The lowest BCUT2D eigenvalue weighted by Crippen LogP contribution is -2.48. The lowest BCUT2D eigenvalue weighted by atomic mass is 9.93. The monoisotopic (exact) mass is 450 g/mol. The summed E-state index contributed by atoms with van der Waals surface area (Å²) in [7, 11) is -2.15. The summed E-state index contributed by atoms with van der Waals surface area (Å²) in [4.78, 5) is 13.0. The number of ether oxygens (including phenoxy) is 1. The van der Waals surface area contributed by atoms with E-state index in [0.29, 0.717) is 0 Å². The van der Waals surface area contributed by atoms with Gasteiger partial charge in [0.1, 0.15) is 17.6 Å². The number of halogens is 1. The molecule has 0 aliphatic rings. The number of methoxy groups -OCH3 is 1. The van der Waals surface area contributed by atoms with Gasteiger partial charge < -0.3 is 10.1 Å². The fourth-order valence-corrected chi connectivity index (χ4v) is 4.79. The molecule has 0 heterocycles. The van der Waals surface area contributed by atoms with Crippen LogP contribution in [0.25, 0.3) is 0 Å². The summed E-state index contributed by atoms with van der Waals surface area (Å²) < 4.78 is 44.6. The lowest BCUT2D eigenvalue weighted by Gasteiger charge is -2.29. The van der Waals surface area contributed by atoms with E-state index in [-0.39, 0.29) is 17.6 Å². The van der Waals surface area contributed by atoms with Gasteiger partial charge in [-0.2, -0.15) is 0 Å². The summed E-state index contributed by atoms with van der Waals surface area (Å²) in [6, 6.07) is 7.59. The van der Waals surface area contributed by atoms with Crippen molar-refractivity contribution in [3.05, 3.63) is 58.9 Å². The van der Waals surface area contributed by atoms with Crippen LogP contribution in [0.2, 0.25) is 0 Å². The molecular weight excluding hydrogens is 419 g/mol. The first-order valence-corrected chi connectivity index (χ1v) is 11.9. The van der Waals surface area contributed by atoms with E-state index in [0.717, 1.165) is 45.1 Å². The Hall–Kier alpha value is -2.61. The van der Waals surface area contributed by atoms with Crippen LogP contribution in [0.15, 0.2) is 36.4 Å². The third kappa shape index (κ3) is 5.76. The molecule has 0 radical (unpaired) electrons. The molecule has 0 fully saturated rings. The van der Waals surface area contributed by atoms with Crippen LogP contribution in [-0.4, -0.2) is 33.7 Å². The maximum Gasteiger partial charge on any atom is 0.244 e. The van der Waals surface area contributed by atoms with Crippen LogP contribution >= 0.6 is 0 Å². The van der Waals surface area contributed by atoms with Crippen LogP contribution in [-0.2, 0) is 14.8 Å². The molecule has 170 valence electrons. The first-order valence-electron chi connectivity index (χ1n) is 10.1. The van der Waals surface area contributed by atoms with E-state index >= 15 is 0 Å². The van der Waals surface area contributed by atoms with E-state index < -0.39 is 27.8 Å². The van der Waals surface area contributed by atoms with Crippen molar-refractivity contribution in [1.29, 1.82) is 0 Å². The summed E-state index contributed by atoms with van der Waals surface area (Å²) in [6.45, 7) is 9.43. The van der Waals surface area contributed by atoms with Gasteiger partial charge in [0.25, 0.3) is 0 Å². The number of rotatable bonds is 8. The van der Waals surface area contributed by atoms with E-state index in [4.69, 9.17) is 4.74 Å². The van der Waals surface area contributed by atoms with Crippen molar-refractivity contribution in [2.45, 2.75) is 52.6 Å². The van der Waals surface area contributed by atoms with Gasteiger partial charge in [0.05, 0.1) is 25.1 Å². The second-order valence-corrected chi connectivity index (χ2v) is 9.91. The second-order valence-electron chi connectivity index (χ2n) is 8.05. The summed E-state index contributed by atoms with van der Waals surface area (Å²) >= 11 is 0. The fraction of sp³-hybridized carbons (Fsp3) is 0.435. The van der Waals surface area contributed by atoms with Crippen molar-refractivity contribution in [3.8, 4) is 5.75 Å². The molecule has 0 spiro atoms. The van der Waals surface area contributed by atoms with E-state index in [9.17, 15) is 17.6 Å². The van der Waals surface area contributed by atoms with Crippen molar-refractivity contribution in [2.75, 3.05) is 17.7 Å². The molecule has 2 rings (SSSR count). The van der Waals surface area contributed by atoms with Gasteiger partial charge in [-0.15, -0.1) is 0 Å². The molecular formula is C23H31FN2O4S.